The second-order valence-corrected chi connectivity index (χ2v) is 9.16. The van der Waals surface area contributed by atoms with Gasteiger partial charge >= 0.3 is 139 Å². The van der Waals surface area contributed by atoms with Crippen LogP contribution < -0.4 is 8.13 Å². The fourth-order valence-corrected chi connectivity index (χ4v) is 4.03. The Hall–Kier alpha value is -2.58. The number of carboxylic acids is 1. The third kappa shape index (κ3) is 6.70. The summed E-state index contributed by atoms with van der Waals surface area (Å²) >= 11 is 2.40. The van der Waals surface area contributed by atoms with Crippen molar-refractivity contribution in [2.45, 2.75) is 13.8 Å². The van der Waals surface area contributed by atoms with E-state index in [4.69, 9.17) is 9.90 Å². The molecule has 0 saturated carbocycles. The Morgan fingerprint density at radius 2 is 1.81 bits per heavy atom. The zero-order valence-electron chi connectivity index (χ0n) is 17.5. The molecule has 8 heteroatoms. The fourth-order valence-electron chi connectivity index (χ4n) is 2.86. The van der Waals surface area contributed by atoms with Crippen molar-refractivity contribution in [3.63, 3.8) is 0 Å². The van der Waals surface area contributed by atoms with Gasteiger partial charge in [0.1, 0.15) is 0 Å². The molecule has 31 heavy (non-hydrogen) atoms. The molecule has 0 fully saturated rings. The molecule has 152 valence electrons. The third-order valence-corrected chi connectivity index (χ3v) is 5.90. The van der Waals surface area contributed by atoms with Gasteiger partial charge in [-0.05, 0) is 24.6 Å². The topological polar surface area (TPSA) is 83.7 Å². The molecule has 0 atom stereocenters. The minimum absolute atomic E-state index is 0.204. The number of nitrogens with one attached hydrogen (secondary N) is 1. The number of amides is 1. The predicted molar refractivity (Wildman–Crippen MR) is 127 cm³/mol. The maximum atomic E-state index is 12.3. The molecule has 2 N–H and O–H groups in total. The quantitative estimate of drug-likeness (QED) is 0.478. The van der Waals surface area contributed by atoms with Crippen LogP contribution in [0.1, 0.15) is 18.1 Å². The standard InChI is InChI=1S/C21H16N3OS.C2H4O2.Na/c1-15-9-10-16(13-18(15)24-11-5-6-12-24)14-19-20(25)23-21(26-19)22-17-7-3-2-4-8-17;1-2(3)4;/h3-14H,1H3,(H,22,23,25);1H3,(H,3,4);. The van der Waals surface area contributed by atoms with Crippen molar-refractivity contribution in [2.75, 3.05) is 5.32 Å². The molecule has 2 heterocycles. The first-order valence-corrected chi connectivity index (χ1v) is 11.4. The van der Waals surface area contributed by atoms with E-state index in [0.29, 0.717) is 10.1 Å². The number of carboxylic acid groups (broad SMARTS) is 1. The van der Waals surface area contributed by atoms with Crippen LogP contribution in [0.3, 0.4) is 0 Å². The van der Waals surface area contributed by atoms with Gasteiger partial charge in [-0.25, -0.2) is 0 Å². The van der Waals surface area contributed by atoms with E-state index in [-0.39, 0.29) is 5.91 Å². The van der Waals surface area contributed by atoms with Gasteiger partial charge in [0.15, 0.2) is 0 Å². The Bertz CT molecular complexity index is 1150. The average Bonchev–Trinajstić information content (AvgIpc) is 3.35. The molecule has 1 aromatic heterocycles. The second-order valence-electron chi connectivity index (χ2n) is 6.98. The van der Waals surface area contributed by atoms with Crippen LogP contribution in [-0.2, 0) is 9.59 Å². The second kappa shape index (κ2) is 10.6. The van der Waals surface area contributed by atoms with Gasteiger partial charge in [-0.3, -0.25) is 4.79 Å². The number of aryl methyl sites for hydroxylation is 1. The number of thioether (sulfide) groups is 1. The molecule has 2 aromatic carbocycles. The van der Waals surface area contributed by atoms with Crippen LogP contribution >= 0.6 is 11.8 Å². The molecule has 0 spiro atoms. The van der Waals surface area contributed by atoms with Crippen LogP contribution in [0.25, 0.3) is 11.8 Å². The van der Waals surface area contributed by atoms with Gasteiger partial charge < -0.3 is 9.67 Å². The van der Waals surface area contributed by atoms with Crippen molar-refractivity contribution in [1.29, 1.82) is 0 Å². The summed E-state index contributed by atoms with van der Waals surface area (Å²) in [6.07, 6.45) is 5.94. The van der Waals surface area contributed by atoms with Crippen LogP contribution in [-0.4, -0.2) is 54.6 Å². The molecule has 0 radical (unpaired) electrons. The number of carbonyl (C=O) groups excluding carboxylic acids is 1. The Morgan fingerprint density at radius 3 is 2.45 bits per heavy atom. The first kappa shape index (κ1) is 23.1. The summed E-state index contributed by atoms with van der Waals surface area (Å²) in [7, 11) is 0. The van der Waals surface area contributed by atoms with Crippen LogP contribution in [0, 0.1) is 6.92 Å². The Kier molecular flexibility index (Phi) is 7.92. The van der Waals surface area contributed by atoms with Gasteiger partial charge in [0.2, 0.25) is 0 Å². The number of hydrogen-bond donors (Lipinski definition) is 2. The van der Waals surface area contributed by atoms with E-state index >= 15 is 0 Å². The first-order valence-electron chi connectivity index (χ1n) is 9.61. The van der Waals surface area contributed by atoms with Crippen LogP contribution in [0.2, 0.25) is 0 Å². The normalized spacial score (nSPS) is 14.1. The summed E-state index contributed by atoms with van der Waals surface area (Å²) in [5.74, 6) is -1.04. The Labute approximate surface area is 202 Å². The van der Waals surface area contributed by atoms with Gasteiger partial charge in [-0.1, -0.05) is 0 Å². The van der Waals surface area contributed by atoms with E-state index in [1.807, 2.05) is 48.8 Å². The number of hydrogen-bond acceptors (Lipinski definition) is 4. The minimum Gasteiger partial charge on any atom is -0.324 e. The number of aliphatic imine (C=N–C) groups is 1. The van der Waals surface area contributed by atoms with Crippen LogP contribution in [0.4, 0.5) is 5.69 Å². The van der Waals surface area contributed by atoms with E-state index in [9.17, 15) is 4.79 Å². The average molecular weight is 441 g/mol. The first-order chi connectivity index (χ1) is 14.8. The van der Waals surface area contributed by atoms with Crippen molar-refractivity contribution in [3.8, 4) is 5.69 Å². The monoisotopic (exact) mass is 441 g/mol. The molecule has 1 amide bonds. The zero-order chi connectivity index (χ0) is 22.4. The van der Waals surface area contributed by atoms with Crippen molar-refractivity contribution in [2.24, 2.45) is 4.99 Å². The summed E-state index contributed by atoms with van der Waals surface area (Å²) in [6, 6.07) is 18.4. The number of nitrogens with zero attached hydrogens (tertiary/aromatic N) is 2. The van der Waals surface area contributed by atoms with Gasteiger partial charge in [0, 0.05) is 19.3 Å². The van der Waals surface area contributed by atoms with Gasteiger partial charge in [-0.15, -0.1) is 0 Å². The number of carbonyl (C=O) groups is 2. The molecule has 0 saturated heterocycles. The summed E-state index contributed by atoms with van der Waals surface area (Å²) < 4.78 is 3.40. The number of amidine groups is 1. The number of anilines is 1. The van der Waals surface area contributed by atoms with Crippen molar-refractivity contribution < 1.29 is 14.7 Å². The smallest absolute Gasteiger partial charge is 0.324 e. The summed E-state index contributed by atoms with van der Waals surface area (Å²) in [4.78, 5) is 26.1. The summed E-state index contributed by atoms with van der Waals surface area (Å²) in [5.41, 5.74) is 4.21. The summed E-state index contributed by atoms with van der Waals surface area (Å²) in [5, 5.41) is 11.3. The third-order valence-electron chi connectivity index (χ3n) is 4.34. The van der Waals surface area contributed by atoms with E-state index in [1.165, 1.54) is 20.1 Å². The van der Waals surface area contributed by atoms with Crippen molar-refractivity contribution in [1.82, 2.24) is 4.57 Å². The van der Waals surface area contributed by atoms with Crippen molar-refractivity contribution in [3.05, 3.63) is 83.0 Å². The maximum absolute atomic E-state index is 12.3. The van der Waals surface area contributed by atoms with E-state index in [2.05, 4.69) is 46.1 Å². The van der Waals surface area contributed by atoms with Crippen LogP contribution in [0.15, 0.2) is 76.9 Å². The van der Waals surface area contributed by atoms with Gasteiger partial charge in [0.25, 0.3) is 5.97 Å². The van der Waals surface area contributed by atoms with E-state index in [0.717, 1.165) is 51.8 Å². The number of aromatic nitrogens is 1. The molecule has 4 rings (SSSR count). The van der Waals surface area contributed by atoms with Gasteiger partial charge in [-0.2, -0.15) is 0 Å². The molecule has 3 aromatic rings. The predicted octanol–water partition coefficient (Wildman–Crippen LogP) is 3.75. The molecule has 6 nitrogen and oxygen atoms in total. The fraction of sp³-hybridized carbons (Fsp3) is 0.0870. The van der Waals surface area contributed by atoms with E-state index < -0.39 is 5.97 Å². The minimum atomic E-state index is -0.833. The Morgan fingerprint density at radius 1 is 1.16 bits per heavy atom. The molecular formula is C23H20N3NaO3S. The molecule has 0 aliphatic carbocycles. The molecule has 0 bridgehead atoms. The van der Waals surface area contributed by atoms with E-state index in [1.54, 1.807) is 0 Å². The molecule has 1 aliphatic heterocycles. The number of aliphatic carboxylic acids is 1. The zero-order valence-corrected chi connectivity index (χ0v) is 20.3. The van der Waals surface area contributed by atoms with Crippen LogP contribution in [0.5, 0.6) is 0 Å². The SMILES string of the molecule is CC(=O)O.Cc1ccc(C=C2SC(Nc3cc[c]([Na])cc3)=NC2=O)cc1-n1cccc1. The number of rotatable bonds is 3. The van der Waals surface area contributed by atoms with Crippen molar-refractivity contribution >= 4 is 71.3 Å². The Balaban J connectivity index is 0.000000628. The molecular weight excluding hydrogens is 421 g/mol. The summed E-state index contributed by atoms with van der Waals surface area (Å²) in [6.45, 7) is 3.16. The number of benzene rings is 2. The molecule has 1 aliphatic rings. The van der Waals surface area contributed by atoms with Gasteiger partial charge in [0.05, 0.1) is 0 Å². The molecule has 0 unspecified atom stereocenters.